The summed E-state index contributed by atoms with van der Waals surface area (Å²) in [6.45, 7) is 0. The number of phenolic OH excluding ortho intramolecular Hbond substituents is 3. The minimum absolute atomic E-state index is 0.102. The third kappa shape index (κ3) is 1.86. The van der Waals surface area contributed by atoms with Crippen molar-refractivity contribution < 1.29 is 15.3 Å². The van der Waals surface area contributed by atoms with Crippen molar-refractivity contribution in [3.63, 3.8) is 0 Å². The Balaban J connectivity index is 2.01. The molecular formula is C22H14O3. The Morgan fingerprint density at radius 2 is 1.08 bits per heavy atom. The summed E-state index contributed by atoms with van der Waals surface area (Å²) in [6.07, 6.45) is 0. The quantitative estimate of drug-likeness (QED) is 0.202. The molecule has 0 aliphatic carbocycles. The van der Waals surface area contributed by atoms with Crippen LogP contribution in [0.4, 0.5) is 0 Å². The summed E-state index contributed by atoms with van der Waals surface area (Å²) in [5, 5.41) is 37.5. The van der Waals surface area contributed by atoms with Gasteiger partial charge in [0.1, 0.15) is 5.75 Å². The van der Waals surface area contributed by atoms with Gasteiger partial charge in [-0.05, 0) is 68.7 Å². The van der Waals surface area contributed by atoms with Crippen LogP contribution in [0.5, 0.6) is 17.2 Å². The molecule has 5 aromatic carbocycles. The Morgan fingerprint density at radius 3 is 1.84 bits per heavy atom. The molecule has 5 rings (SSSR count). The number of phenols is 3. The number of aromatic hydroxyl groups is 3. The molecule has 0 amide bonds. The monoisotopic (exact) mass is 326 g/mol. The second-order valence-corrected chi connectivity index (χ2v) is 6.33. The fourth-order valence-electron chi connectivity index (χ4n) is 3.69. The minimum Gasteiger partial charge on any atom is -0.507 e. The second-order valence-electron chi connectivity index (χ2n) is 6.33. The maximum absolute atomic E-state index is 10.2. The van der Waals surface area contributed by atoms with Gasteiger partial charge < -0.3 is 15.3 Å². The lowest BCUT2D eigenvalue weighted by atomic mass is 9.95. The molecule has 5 aromatic rings. The molecule has 25 heavy (non-hydrogen) atoms. The molecule has 0 heterocycles. The van der Waals surface area contributed by atoms with Gasteiger partial charge in [-0.1, -0.05) is 30.3 Å². The third-order valence-corrected chi connectivity index (χ3v) is 4.94. The highest BCUT2D eigenvalue weighted by Gasteiger charge is 2.10. The summed E-state index contributed by atoms with van der Waals surface area (Å²) < 4.78 is 0. The van der Waals surface area contributed by atoms with E-state index < -0.39 is 0 Å². The number of hydrogen-bond donors (Lipinski definition) is 3. The fourth-order valence-corrected chi connectivity index (χ4v) is 3.69. The normalized spacial score (nSPS) is 11.7. The predicted molar refractivity (Wildman–Crippen MR) is 101 cm³/mol. The zero-order valence-electron chi connectivity index (χ0n) is 13.2. The Morgan fingerprint density at radius 1 is 0.440 bits per heavy atom. The standard InChI is InChI=1S/C22H14O3/c23-20-3-1-2-14-16(20)6-4-12-10-13-5-7-17-15(19(13)11-18(12)14)8-9-21(24)22(17)25/h1-11,23-25H. The van der Waals surface area contributed by atoms with Gasteiger partial charge in [0.05, 0.1) is 0 Å². The lowest BCUT2D eigenvalue weighted by Crippen LogP contribution is -1.83. The van der Waals surface area contributed by atoms with Crippen molar-refractivity contribution in [1.29, 1.82) is 0 Å². The summed E-state index contributed by atoms with van der Waals surface area (Å²) in [5.74, 6) is 0.0399. The van der Waals surface area contributed by atoms with E-state index in [1.54, 1.807) is 6.07 Å². The molecule has 3 N–H and O–H groups in total. The van der Waals surface area contributed by atoms with Crippen molar-refractivity contribution in [2.24, 2.45) is 0 Å². The molecule has 0 bridgehead atoms. The molecule has 0 aliphatic heterocycles. The van der Waals surface area contributed by atoms with E-state index in [1.807, 2.05) is 42.5 Å². The van der Waals surface area contributed by atoms with Crippen molar-refractivity contribution in [2.75, 3.05) is 0 Å². The van der Waals surface area contributed by atoms with Crippen molar-refractivity contribution in [1.82, 2.24) is 0 Å². The van der Waals surface area contributed by atoms with Gasteiger partial charge in [-0.2, -0.15) is 0 Å². The summed E-state index contributed by atoms with van der Waals surface area (Å²) in [6, 6.07) is 20.8. The summed E-state index contributed by atoms with van der Waals surface area (Å²) in [7, 11) is 0. The van der Waals surface area contributed by atoms with Crippen LogP contribution in [0.25, 0.3) is 43.1 Å². The Labute approximate surface area is 143 Å². The zero-order chi connectivity index (χ0) is 17.1. The first-order valence-corrected chi connectivity index (χ1v) is 8.05. The number of hydrogen-bond acceptors (Lipinski definition) is 3. The summed E-state index contributed by atoms with van der Waals surface area (Å²) in [5.41, 5.74) is 0. The Hall–Kier alpha value is -3.46. The van der Waals surface area contributed by atoms with Gasteiger partial charge in [-0.15, -0.1) is 0 Å². The minimum atomic E-state index is -0.122. The van der Waals surface area contributed by atoms with Crippen molar-refractivity contribution in [3.05, 3.63) is 66.7 Å². The molecule has 0 saturated heterocycles. The SMILES string of the molecule is Oc1ccc2c(ccc3cc4ccc5c(O)cccc5c4cc32)c1O. The third-order valence-electron chi connectivity index (χ3n) is 4.94. The van der Waals surface area contributed by atoms with Gasteiger partial charge >= 0.3 is 0 Å². The lowest BCUT2D eigenvalue weighted by molar-refractivity contribution is 0.408. The summed E-state index contributed by atoms with van der Waals surface area (Å²) in [4.78, 5) is 0. The second kappa shape index (κ2) is 4.77. The van der Waals surface area contributed by atoms with Crippen LogP contribution in [0.15, 0.2) is 66.7 Å². The van der Waals surface area contributed by atoms with Crippen molar-refractivity contribution in [3.8, 4) is 17.2 Å². The smallest absolute Gasteiger partial charge is 0.165 e. The Bertz CT molecular complexity index is 1320. The van der Waals surface area contributed by atoms with Crippen LogP contribution in [-0.4, -0.2) is 15.3 Å². The van der Waals surface area contributed by atoms with Crippen molar-refractivity contribution in [2.45, 2.75) is 0 Å². The van der Waals surface area contributed by atoms with E-state index in [9.17, 15) is 15.3 Å². The van der Waals surface area contributed by atoms with Crippen LogP contribution in [0.3, 0.4) is 0 Å². The van der Waals surface area contributed by atoms with Gasteiger partial charge in [-0.3, -0.25) is 0 Å². The molecule has 3 heteroatoms. The molecule has 3 nitrogen and oxygen atoms in total. The van der Waals surface area contributed by atoms with E-state index in [4.69, 9.17) is 0 Å². The molecular weight excluding hydrogens is 312 g/mol. The largest absolute Gasteiger partial charge is 0.507 e. The Kier molecular flexibility index (Phi) is 2.66. The van der Waals surface area contributed by atoms with E-state index in [2.05, 4.69) is 12.1 Å². The van der Waals surface area contributed by atoms with Gasteiger partial charge in [0, 0.05) is 10.8 Å². The van der Waals surface area contributed by atoms with E-state index in [1.165, 1.54) is 6.07 Å². The average Bonchev–Trinajstić information content (AvgIpc) is 2.63. The van der Waals surface area contributed by atoms with E-state index in [0.29, 0.717) is 5.39 Å². The molecule has 0 aromatic heterocycles. The molecule has 120 valence electrons. The van der Waals surface area contributed by atoms with Gasteiger partial charge in [0.15, 0.2) is 11.5 Å². The van der Waals surface area contributed by atoms with Crippen LogP contribution in [0, 0.1) is 0 Å². The van der Waals surface area contributed by atoms with Crippen molar-refractivity contribution >= 4 is 43.1 Å². The molecule has 0 atom stereocenters. The van der Waals surface area contributed by atoms with Gasteiger partial charge in [-0.25, -0.2) is 0 Å². The molecule has 0 saturated carbocycles. The molecule has 0 radical (unpaired) electrons. The van der Waals surface area contributed by atoms with Crippen LogP contribution in [0.2, 0.25) is 0 Å². The molecule has 0 aliphatic rings. The highest BCUT2D eigenvalue weighted by Crippen LogP contribution is 2.39. The van der Waals surface area contributed by atoms with Crippen LogP contribution < -0.4 is 0 Å². The van der Waals surface area contributed by atoms with E-state index >= 15 is 0 Å². The molecule has 0 spiro atoms. The highest BCUT2D eigenvalue weighted by molar-refractivity contribution is 6.18. The van der Waals surface area contributed by atoms with Gasteiger partial charge in [0.2, 0.25) is 0 Å². The first-order valence-electron chi connectivity index (χ1n) is 8.05. The summed E-state index contributed by atoms with van der Waals surface area (Å²) >= 11 is 0. The van der Waals surface area contributed by atoms with E-state index in [0.717, 1.165) is 37.7 Å². The van der Waals surface area contributed by atoms with Crippen LogP contribution in [-0.2, 0) is 0 Å². The number of fused-ring (bicyclic) bond motifs is 6. The first-order chi connectivity index (χ1) is 12.1. The number of benzene rings is 5. The molecule has 0 unspecified atom stereocenters. The van der Waals surface area contributed by atoms with Crippen LogP contribution in [0.1, 0.15) is 0 Å². The topological polar surface area (TPSA) is 60.7 Å². The highest BCUT2D eigenvalue weighted by atomic mass is 16.3. The predicted octanol–water partition coefficient (Wildman–Crippen LogP) is 5.42. The first kappa shape index (κ1) is 13.9. The average molecular weight is 326 g/mol. The number of rotatable bonds is 0. The molecule has 0 fully saturated rings. The van der Waals surface area contributed by atoms with E-state index in [-0.39, 0.29) is 17.2 Å². The maximum Gasteiger partial charge on any atom is 0.165 e. The fraction of sp³-hybridized carbons (Fsp3) is 0. The maximum atomic E-state index is 10.2. The van der Waals surface area contributed by atoms with Crippen LogP contribution >= 0.6 is 0 Å². The van der Waals surface area contributed by atoms with Gasteiger partial charge in [0.25, 0.3) is 0 Å². The lowest BCUT2D eigenvalue weighted by Gasteiger charge is -2.10. The zero-order valence-corrected chi connectivity index (χ0v) is 13.2.